The molecule has 0 radical (unpaired) electrons. The zero-order chi connectivity index (χ0) is 25.4. The van der Waals surface area contributed by atoms with E-state index in [2.05, 4.69) is 10.2 Å². The molecule has 1 unspecified atom stereocenters. The molecule has 190 valence electrons. The van der Waals surface area contributed by atoms with Crippen LogP contribution in [0.2, 0.25) is 5.02 Å². The maximum atomic E-state index is 13.1. The van der Waals surface area contributed by atoms with Gasteiger partial charge in [0.25, 0.3) is 5.91 Å². The summed E-state index contributed by atoms with van der Waals surface area (Å²) in [5.41, 5.74) is 1.93. The van der Waals surface area contributed by atoms with Crippen molar-refractivity contribution < 1.29 is 19.4 Å². The van der Waals surface area contributed by atoms with E-state index >= 15 is 0 Å². The largest absolute Gasteiger partial charge is 0.494 e. The first kappa shape index (κ1) is 26.9. The lowest BCUT2D eigenvalue weighted by Crippen LogP contribution is -2.36. The number of carboxylic acids is 1. The average molecular weight is 501 g/mol. The number of ether oxygens (including phenoxy) is 1. The van der Waals surface area contributed by atoms with Crippen molar-refractivity contribution in [1.29, 1.82) is 0 Å². The number of amides is 1. The van der Waals surface area contributed by atoms with Crippen LogP contribution in [0.4, 0.5) is 5.69 Å². The minimum absolute atomic E-state index is 0.0549. The number of halogens is 1. The Morgan fingerprint density at radius 3 is 2.46 bits per heavy atom. The van der Waals surface area contributed by atoms with Crippen LogP contribution < -0.4 is 15.0 Å². The number of piperidine rings is 1. The lowest BCUT2D eigenvalue weighted by atomic mass is 9.88. The Morgan fingerprint density at radius 1 is 1.11 bits per heavy atom. The van der Waals surface area contributed by atoms with E-state index < -0.39 is 11.4 Å². The summed E-state index contributed by atoms with van der Waals surface area (Å²) >= 11 is 6.23. The Kier molecular flexibility index (Phi) is 9.44. The predicted molar refractivity (Wildman–Crippen MR) is 141 cm³/mol. The fraction of sp³-hybridized carbons (Fsp3) is 0.500. The smallest absolute Gasteiger partial charge is 0.309 e. The van der Waals surface area contributed by atoms with Crippen molar-refractivity contribution in [3.63, 3.8) is 0 Å². The van der Waals surface area contributed by atoms with Crippen LogP contribution in [0.5, 0.6) is 5.75 Å². The number of rotatable bonds is 11. The van der Waals surface area contributed by atoms with Crippen molar-refractivity contribution in [2.24, 2.45) is 5.41 Å². The van der Waals surface area contributed by atoms with E-state index in [1.165, 1.54) is 6.42 Å². The summed E-state index contributed by atoms with van der Waals surface area (Å²) < 4.78 is 5.77. The number of nitrogens with zero attached hydrogens (tertiary/aromatic N) is 1. The number of carbonyl (C=O) groups excluding carboxylic acids is 1. The van der Waals surface area contributed by atoms with Gasteiger partial charge in [0.15, 0.2) is 0 Å². The standard InChI is InChI=1S/C28H37ClN2O4/c1-20(18-21-8-11-23(12-9-21)35-17-7-14-28(2,3)27(33)34)30-26(32)24-19-22(29)10-13-25(24)31-15-5-4-6-16-31/h8-13,19-20H,4-7,14-18H2,1-3H3,(H,30,32)(H,33,34). The second-order valence-corrected chi connectivity index (χ2v) is 10.5. The molecule has 7 heteroatoms. The number of benzene rings is 2. The Balaban J connectivity index is 1.51. The Hall–Kier alpha value is -2.73. The van der Waals surface area contributed by atoms with Crippen LogP contribution in [0.3, 0.4) is 0 Å². The fourth-order valence-corrected chi connectivity index (χ4v) is 4.51. The Bertz CT molecular complexity index is 1000. The maximum Gasteiger partial charge on any atom is 0.309 e. The lowest BCUT2D eigenvalue weighted by Gasteiger charge is -2.30. The molecule has 0 spiro atoms. The summed E-state index contributed by atoms with van der Waals surface area (Å²) in [5.74, 6) is -0.144. The van der Waals surface area contributed by atoms with Crippen LogP contribution in [0.25, 0.3) is 0 Å². The molecule has 35 heavy (non-hydrogen) atoms. The molecule has 0 aliphatic carbocycles. The van der Waals surface area contributed by atoms with Gasteiger partial charge >= 0.3 is 5.97 Å². The van der Waals surface area contributed by atoms with Gasteiger partial charge in [-0.1, -0.05) is 23.7 Å². The minimum Gasteiger partial charge on any atom is -0.494 e. The zero-order valence-electron chi connectivity index (χ0n) is 21.0. The third kappa shape index (κ3) is 7.89. The average Bonchev–Trinajstić information content (AvgIpc) is 2.83. The molecule has 6 nitrogen and oxygen atoms in total. The van der Waals surface area contributed by atoms with Crippen molar-refractivity contribution in [3.8, 4) is 5.75 Å². The van der Waals surface area contributed by atoms with Gasteiger partial charge in [0.1, 0.15) is 5.75 Å². The van der Waals surface area contributed by atoms with Gasteiger partial charge in [-0.2, -0.15) is 0 Å². The monoisotopic (exact) mass is 500 g/mol. The molecule has 1 aliphatic rings. The topological polar surface area (TPSA) is 78.9 Å². The molecule has 3 rings (SSSR count). The number of carboxylic acid groups (broad SMARTS) is 1. The highest BCUT2D eigenvalue weighted by atomic mass is 35.5. The Labute approximate surface area is 213 Å². The van der Waals surface area contributed by atoms with Gasteiger partial charge in [-0.15, -0.1) is 0 Å². The summed E-state index contributed by atoms with van der Waals surface area (Å²) in [4.78, 5) is 26.6. The van der Waals surface area contributed by atoms with Crippen LogP contribution in [0.1, 0.15) is 68.8 Å². The molecule has 1 saturated heterocycles. The normalized spacial score (nSPS) is 14.9. The van der Waals surface area contributed by atoms with E-state index in [1.807, 2.05) is 43.3 Å². The van der Waals surface area contributed by atoms with Crippen LogP contribution in [0.15, 0.2) is 42.5 Å². The molecule has 2 aromatic rings. The number of hydrogen-bond donors (Lipinski definition) is 2. The number of hydrogen-bond acceptors (Lipinski definition) is 4. The number of anilines is 1. The van der Waals surface area contributed by atoms with Crippen molar-refractivity contribution in [1.82, 2.24) is 5.32 Å². The Morgan fingerprint density at radius 2 is 1.80 bits per heavy atom. The highest BCUT2D eigenvalue weighted by molar-refractivity contribution is 6.31. The molecule has 0 aromatic heterocycles. The van der Waals surface area contributed by atoms with Crippen LogP contribution in [0, 0.1) is 5.41 Å². The number of aliphatic carboxylic acids is 1. The molecule has 2 N–H and O–H groups in total. The molecule has 1 fully saturated rings. The van der Waals surface area contributed by atoms with E-state index in [0.29, 0.717) is 36.5 Å². The van der Waals surface area contributed by atoms with Crippen molar-refractivity contribution in [2.75, 3.05) is 24.6 Å². The highest BCUT2D eigenvalue weighted by Gasteiger charge is 2.26. The predicted octanol–water partition coefficient (Wildman–Crippen LogP) is 5.96. The molecule has 1 aliphatic heterocycles. The first-order chi connectivity index (χ1) is 16.7. The second-order valence-electron chi connectivity index (χ2n) is 10.1. The molecule has 1 heterocycles. The van der Waals surface area contributed by atoms with E-state index in [-0.39, 0.29) is 11.9 Å². The first-order valence-electron chi connectivity index (χ1n) is 12.5. The van der Waals surface area contributed by atoms with Gasteiger partial charge in [0.2, 0.25) is 0 Å². The summed E-state index contributed by atoms with van der Waals surface area (Å²) in [6.45, 7) is 7.85. The van der Waals surface area contributed by atoms with E-state index in [1.54, 1.807) is 19.9 Å². The highest BCUT2D eigenvalue weighted by Crippen LogP contribution is 2.27. The molecule has 0 bridgehead atoms. The van der Waals surface area contributed by atoms with Crippen LogP contribution in [-0.2, 0) is 11.2 Å². The van der Waals surface area contributed by atoms with Gasteiger partial charge < -0.3 is 20.1 Å². The van der Waals surface area contributed by atoms with Crippen molar-refractivity contribution >= 4 is 29.2 Å². The molecule has 2 aromatic carbocycles. The SMILES string of the molecule is CC(Cc1ccc(OCCCC(C)(C)C(=O)O)cc1)NC(=O)c1cc(Cl)ccc1N1CCCCC1. The molecular weight excluding hydrogens is 464 g/mol. The van der Waals surface area contributed by atoms with E-state index in [9.17, 15) is 14.7 Å². The molecule has 1 atom stereocenters. The van der Waals surface area contributed by atoms with Crippen LogP contribution >= 0.6 is 11.6 Å². The maximum absolute atomic E-state index is 13.1. The van der Waals surface area contributed by atoms with E-state index in [4.69, 9.17) is 16.3 Å². The summed E-state index contributed by atoms with van der Waals surface area (Å²) in [7, 11) is 0. The van der Waals surface area contributed by atoms with E-state index in [0.717, 1.165) is 42.9 Å². The van der Waals surface area contributed by atoms with Gasteiger partial charge in [0.05, 0.1) is 17.6 Å². The van der Waals surface area contributed by atoms with Gasteiger partial charge in [-0.05, 0) is 95.2 Å². The molecule has 0 saturated carbocycles. The summed E-state index contributed by atoms with van der Waals surface area (Å²) in [6, 6.07) is 13.3. The van der Waals surface area contributed by atoms with Crippen molar-refractivity contribution in [3.05, 3.63) is 58.6 Å². The second kappa shape index (κ2) is 12.3. The summed E-state index contributed by atoms with van der Waals surface area (Å²) in [6.07, 6.45) is 5.44. The fourth-order valence-electron chi connectivity index (χ4n) is 4.34. The lowest BCUT2D eigenvalue weighted by molar-refractivity contribution is -0.147. The van der Waals surface area contributed by atoms with Crippen LogP contribution in [-0.4, -0.2) is 42.7 Å². The third-order valence-corrected chi connectivity index (χ3v) is 6.77. The summed E-state index contributed by atoms with van der Waals surface area (Å²) in [5, 5.41) is 12.9. The molecule has 1 amide bonds. The third-order valence-electron chi connectivity index (χ3n) is 6.54. The van der Waals surface area contributed by atoms with Gasteiger partial charge in [-0.3, -0.25) is 9.59 Å². The zero-order valence-corrected chi connectivity index (χ0v) is 21.7. The molecular formula is C28H37ClN2O4. The van der Waals surface area contributed by atoms with Gasteiger partial charge in [0, 0.05) is 29.8 Å². The number of carbonyl (C=O) groups is 2. The quantitative estimate of drug-likeness (QED) is 0.372. The minimum atomic E-state index is -0.791. The number of nitrogens with one attached hydrogen (secondary N) is 1. The van der Waals surface area contributed by atoms with Gasteiger partial charge in [-0.25, -0.2) is 0 Å². The van der Waals surface area contributed by atoms with Crippen molar-refractivity contribution in [2.45, 2.75) is 65.3 Å². The first-order valence-corrected chi connectivity index (χ1v) is 12.8.